The number of rotatable bonds is 5. The predicted molar refractivity (Wildman–Crippen MR) is 78.8 cm³/mol. The average molecular weight is 298 g/mol. The molecule has 0 spiro atoms. The molecule has 0 bridgehead atoms. The summed E-state index contributed by atoms with van der Waals surface area (Å²) in [6.07, 6.45) is 0.0948. The van der Waals surface area contributed by atoms with E-state index in [1.54, 1.807) is 18.2 Å². The highest BCUT2D eigenvalue weighted by Gasteiger charge is 2.28. The summed E-state index contributed by atoms with van der Waals surface area (Å²) in [7, 11) is 0. The topological polar surface area (TPSA) is 66.4 Å². The lowest BCUT2D eigenvalue weighted by molar-refractivity contribution is -0.138. The first-order chi connectivity index (χ1) is 9.18. The number of carbonyl (C=O) groups excluding carboxylic acids is 1. The maximum Gasteiger partial charge on any atom is 0.305 e. The number of aliphatic carboxylic acids is 1. The molecule has 110 valence electrons. The minimum Gasteiger partial charge on any atom is -0.481 e. The number of amides is 1. The number of carbonyl (C=O) groups is 2. The Bertz CT molecular complexity index is 494. The molecule has 0 heterocycles. The van der Waals surface area contributed by atoms with E-state index in [-0.39, 0.29) is 24.2 Å². The van der Waals surface area contributed by atoms with Crippen molar-refractivity contribution in [2.24, 2.45) is 5.41 Å². The number of carboxylic acid groups (broad SMARTS) is 1. The third-order valence-corrected chi connectivity index (χ3v) is 3.25. The van der Waals surface area contributed by atoms with Gasteiger partial charge in [-0.25, -0.2) is 0 Å². The van der Waals surface area contributed by atoms with Crippen LogP contribution in [0.3, 0.4) is 0 Å². The Kier molecular flexibility index (Phi) is 5.57. The molecule has 0 fully saturated rings. The van der Waals surface area contributed by atoms with Crippen LogP contribution in [0.15, 0.2) is 24.3 Å². The van der Waals surface area contributed by atoms with E-state index in [0.29, 0.717) is 5.02 Å². The van der Waals surface area contributed by atoms with Gasteiger partial charge in [0.2, 0.25) is 5.91 Å². The highest BCUT2D eigenvalue weighted by molar-refractivity contribution is 6.30. The van der Waals surface area contributed by atoms with Crippen LogP contribution >= 0.6 is 11.6 Å². The lowest BCUT2D eigenvalue weighted by Gasteiger charge is -2.30. The van der Waals surface area contributed by atoms with Crippen molar-refractivity contribution >= 4 is 23.5 Å². The SMILES string of the molecule is CC(C)(C)C(CC(=O)O)NC(=O)Cc1cccc(Cl)c1. The van der Waals surface area contributed by atoms with Gasteiger partial charge in [0.25, 0.3) is 0 Å². The van der Waals surface area contributed by atoms with Crippen molar-refractivity contribution in [3.05, 3.63) is 34.9 Å². The number of hydrogen-bond donors (Lipinski definition) is 2. The lowest BCUT2D eigenvalue weighted by atomic mass is 9.84. The fourth-order valence-corrected chi connectivity index (χ4v) is 2.04. The molecule has 0 aliphatic heterocycles. The lowest BCUT2D eigenvalue weighted by Crippen LogP contribution is -2.45. The normalized spacial score (nSPS) is 12.8. The zero-order chi connectivity index (χ0) is 15.3. The largest absolute Gasteiger partial charge is 0.481 e. The van der Waals surface area contributed by atoms with Crippen LogP contribution in [-0.2, 0) is 16.0 Å². The molecule has 1 aromatic carbocycles. The molecule has 0 saturated heterocycles. The van der Waals surface area contributed by atoms with Gasteiger partial charge in [-0.05, 0) is 23.1 Å². The van der Waals surface area contributed by atoms with Gasteiger partial charge >= 0.3 is 5.97 Å². The molecular weight excluding hydrogens is 278 g/mol. The highest BCUT2D eigenvalue weighted by Crippen LogP contribution is 2.22. The van der Waals surface area contributed by atoms with Gasteiger partial charge in [0.1, 0.15) is 0 Å². The summed E-state index contributed by atoms with van der Waals surface area (Å²) >= 11 is 5.87. The first-order valence-corrected chi connectivity index (χ1v) is 6.82. The van der Waals surface area contributed by atoms with Gasteiger partial charge in [-0.1, -0.05) is 44.5 Å². The monoisotopic (exact) mass is 297 g/mol. The Balaban J connectivity index is 2.69. The molecule has 1 amide bonds. The molecule has 0 aliphatic carbocycles. The Hall–Kier alpha value is -1.55. The van der Waals surface area contributed by atoms with Gasteiger partial charge in [0, 0.05) is 11.1 Å². The van der Waals surface area contributed by atoms with E-state index < -0.39 is 12.0 Å². The van der Waals surface area contributed by atoms with Crippen LogP contribution in [0.2, 0.25) is 5.02 Å². The maximum absolute atomic E-state index is 12.0. The standard InChI is InChI=1S/C15H20ClNO3/c1-15(2,3)12(9-14(19)20)17-13(18)8-10-5-4-6-11(16)7-10/h4-7,12H,8-9H2,1-3H3,(H,17,18)(H,19,20). The number of nitrogens with one attached hydrogen (secondary N) is 1. The highest BCUT2D eigenvalue weighted by atomic mass is 35.5. The number of hydrogen-bond acceptors (Lipinski definition) is 2. The Morgan fingerprint density at radius 2 is 2.00 bits per heavy atom. The van der Waals surface area contributed by atoms with Crippen LogP contribution in [0.25, 0.3) is 0 Å². The Morgan fingerprint density at radius 1 is 1.35 bits per heavy atom. The first-order valence-electron chi connectivity index (χ1n) is 6.44. The van der Waals surface area contributed by atoms with Crippen molar-refractivity contribution in [2.75, 3.05) is 0 Å². The number of halogens is 1. The van der Waals surface area contributed by atoms with Crippen LogP contribution in [0.4, 0.5) is 0 Å². The van der Waals surface area contributed by atoms with Crippen molar-refractivity contribution in [3.63, 3.8) is 0 Å². The summed E-state index contributed by atoms with van der Waals surface area (Å²) < 4.78 is 0. The second kappa shape index (κ2) is 6.75. The second-order valence-electron chi connectivity index (χ2n) is 5.89. The summed E-state index contributed by atoms with van der Waals surface area (Å²) in [5.41, 5.74) is 0.487. The number of benzene rings is 1. The van der Waals surface area contributed by atoms with E-state index in [2.05, 4.69) is 5.32 Å². The summed E-state index contributed by atoms with van der Waals surface area (Å²) in [5.74, 6) is -1.12. The Morgan fingerprint density at radius 3 is 2.50 bits per heavy atom. The molecule has 0 aliphatic rings. The van der Waals surface area contributed by atoms with E-state index >= 15 is 0 Å². The minimum absolute atomic E-state index is 0.0925. The fraction of sp³-hybridized carbons (Fsp3) is 0.467. The molecule has 0 saturated carbocycles. The molecule has 4 nitrogen and oxygen atoms in total. The van der Waals surface area contributed by atoms with Gasteiger partial charge in [-0.15, -0.1) is 0 Å². The molecule has 0 aromatic heterocycles. The molecule has 20 heavy (non-hydrogen) atoms. The molecule has 1 unspecified atom stereocenters. The van der Waals surface area contributed by atoms with Crippen molar-refractivity contribution in [3.8, 4) is 0 Å². The zero-order valence-corrected chi connectivity index (χ0v) is 12.7. The van der Waals surface area contributed by atoms with Crippen molar-refractivity contribution in [1.82, 2.24) is 5.32 Å². The van der Waals surface area contributed by atoms with Gasteiger partial charge in [0.15, 0.2) is 0 Å². The smallest absolute Gasteiger partial charge is 0.305 e. The van der Waals surface area contributed by atoms with Gasteiger partial charge in [0.05, 0.1) is 12.8 Å². The van der Waals surface area contributed by atoms with E-state index in [1.807, 2.05) is 26.8 Å². The van der Waals surface area contributed by atoms with E-state index in [9.17, 15) is 9.59 Å². The summed E-state index contributed by atoms with van der Waals surface area (Å²) in [6, 6.07) is 6.65. The second-order valence-corrected chi connectivity index (χ2v) is 6.33. The van der Waals surface area contributed by atoms with Crippen LogP contribution in [-0.4, -0.2) is 23.0 Å². The third-order valence-electron chi connectivity index (χ3n) is 3.01. The predicted octanol–water partition coefficient (Wildman–Crippen LogP) is 2.89. The summed E-state index contributed by atoms with van der Waals surface area (Å²) in [6.45, 7) is 5.71. The minimum atomic E-state index is -0.923. The van der Waals surface area contributed by atoms with Gasteiger partial charge < -0.3 is 10.4 Å². The van der Waals surface area contributed by atoms with Crippen molar-refractivity contribution in [2.45, 2.75) is 39.7 Å². The molecule has 2 N–H and O–H groups in total. The maximum atomic E-state index is 12.0. The summed E-state index contributed by atoms with van der Waals surface area (Å²) in [4.78, 5) is 22.9. The first kappa shape index (κ1) is 16.5. The average Bonchev–Trinajstić information content (AvgIpc) is 2.26. The third kappa shape index (κ3) is 5.61. The fourth-order valence-electron chi connectivity index (χ4n) is 1.83. The molecule has 1 atom stereocenters. The molecular formula is C15H20ClNO3. The molecule has 5 heteroatoms. The van der Waals surface area contributed by atoms with Crippen molar-refractivity contribution in [1.29, 1.82) is 0 Å². The Labute approximate surface area is 124 Å². The molecule has 1 rings (SSSR count). The zero-order valence-electron chi connectivity index (χ0n) is 11.9. The van der Waals surface area contributed by atoms with Gasteiger partial charge in [-0.2, -0.15) is 0 Å². The number of carboxylic acids is 1. The summed E-state index contributed by atoms with van der Waals surface area (Å²) in [5, 5.41) is 12.3. The van der Waals surface area contributed by atoms with Crippen LogP contribution < -0.4 is 5.32 Å². The van der Waals surface area contributed by atoms with Crippen LogP contribution in [0, 0.1) is 5.41 Å². The van der Waals surface area contributed by atoms with E-state index in [4.69, 9.17) is 16.7 Å². The van der Waals surface area contributed by atoms with Crippen LogP contribution in [0.1, 0.15) is 32.8 Å². The van der Waals surface area contributed by atoms with E-state index in [1.165, 1.54) is 0 Å². The molecule has 1 aromatic rings. The van der Waals surface area contributed by atoms with Crippen LogP contribution in [0.5, 0.6) is 0 Å². The van der Waals surface area contributed by atoms with Gasteiger partial charge in [-0.3, -0.25) is 9.59 Å². The van der Waals surface area contributed by atoms with E-state index in [0.717, 1.165) is 5.56 Å². The van der Waals surface area contributed by atoms with Crippen molar-refractivity contribution < 1.29 is 14.7 Å². The quantitative estimate of drug-likeness (QED) is 0.878. The molecule has 0 radical (unpaired) electrons.